The molecule has 1 aliphatic carbocycles. The van der Waals surface area contributed by atoms with Gasteiger partial charge in [-0.25, -0.2) is 4.98 Å². The lowest BCUT2D eigenvalue weighted by Crippen LogP contribution is -2.12. The Hall–Kier alpha value is -1.97. The number of nitrogens with zero attached hydrogens (tertiary/aromatic N) is 3. The topological polar surface area (TPSA) is 33.1 Å². The molecule has 0 aliphatic heterocycles. The van der Waals surface area contributed by atoms with Gasteiger partial charge in [-0.15, -0.1) is 0 Å². The summed E-state index contributed by atoms with van der Waals surface area (Å²) in [5, 5.41) is 3.51. The van der Waals surface area contributed by atoms with Gasteiger partial charge in [0.15, 0.2) is 0 Å². The zero-order chi connectivity index (χ0) is 14.3. The van der Waals surface area contributed by atoms with Crippen molar-refractivity contribution in [2.24, 2.45) is 0 Å². The van der Waals surface area contributed by atoms with Gasteiger partial charge in [-0.05, 0) is 44.4 Å². The van der Waals surface area contributed by atoms with Crippen LogP contribution in [-0.4, -0.2) is 29.7 Å². The van der Waals surface area contributed by atoms with Crippen molar-refractivity contribution in [1.29, 1.82) is 0 Å². The summed E-state index contributed by atoms with van der Waals surface area (Å²) in [4.78, 5) is 6.75. The van der Waals surface area contributed by atoms with Crippen molar-refractivity contribution in [2.75, 3.05) is 24.3 Å². The summed E-state index contributed by atoms with van der Waals surface area (Å²) in [5.74, 6) is 0.957. The number of benzene rings is 1. The van der Waals surface area contributed by atoms with E-state index in [0.29, 0.717) is 6.04 Å². The van der Waals surface area contributed by atoms with Crippen molar-refractivity contribution in [3.05, 3.63) is 35.7 Å². The van der Waals surface area contributed by atoms with Crippen LogP contribution in [0, 0.1) is 13.8 Å². The number of aromatic nitrogens is 2. The van der Waals surface area contributed by atoms with Crippen LogP contribution in [0.25, 0.3) is 5.69 Å². The second-order valence-electron chi connectivity index (χ2n) is 5.86. The van der Waals surface area contributed by atoms with E-state index in [2.05, 4.69) is 65.2 Å². The van der Waals surface area contributed by atoms with Crippen LogP contribution in [-0.2, 0) is 0 Å². The van der Waals surface area contributed by atoms with Crippen LogP contribution in [0.1, 0.15) is 24.1 Å². The molecule has 1 N–H and O–H groups in total. The van der Waals surface area contributed by atoms with Gasteiger partial charge in [-0.3, -0.25) is 4.57 Å². The Morgan fingerprint density at radius 2 is 2.00 bits per heavy atom. The Morgan fingerprint density at radius 3 is 2.65 bits per heavy atom. The molecule has 0 spiro atoms. The zero-order valence-electron chi connectivity index (χ0n) is 12.6. The first kappa shape index (κ1) is 13.0. The second-order valence-corrected chi connectivity index (χ2v) is 5.86. The first-order valence-corrected chi connectivity index (χ1v) is 7.15. The van der Waals surface area contributed by atoms with Gasteiger partial charge >= 0.3 is 0 Å². The molecular weight excluding hydrogens is 248 g/mol. The number of imidazole rings is 1. The molecule has 2 aromatic rings. The van der Waals surface area contributed by atoms with Crippen molar-refractivity contribution in [3.63, 3.8) is 0 Å². The van der Waals surface area contributed by atoms with E-state index in [4.69, 9.17) is 0 Å². The third-order valence-corrected chi connectivity index (χ3v) is 3.69. The minimum Gasteiger partial charge on any atom is -0.377 e. The third kappa shape index (κ3) is 2.50. The summed E-state index contributed by atoms with van der Waals surface area (Å²) in [6, 6.07) is 7.14. The largest absolute Gasteiger partial charge is 0.377 e. The maximum atomic E-state index is 4.60. The highest BCUT2D eigenvalue weighted by Crippen LogP contribution is 2.28. The Morgan fingerprint density at radius 1 is 1.25 bits per heavy atom. The van der Waals surface area contributed by atoms with Crippen molar-refractivity contribution in [3.8, 4) is 5.69 Å². The number of hydrogen-bond acceptors (Lipinski definition) is 3. The molecule has 3 rings (SSSR count). The summed E-state index contributed by atoms with van der Waals surface area (Å²) in [5.41, 5.74) is 4.72. The number of nitrogens with one attached hydrogen (secondary N) is 1. The Kier molecular flexibility index (Phi) is 3.16. The highest BCUT2D eigenvalue weighted by Gasteiger charge is 2.23. The van der Waals surface area contributed by atoms with E-state index in [1.807, 2.05) is 6.92 Å². The number of aryl methyl sites for hydroxylation is 2. The molecule has 4 heteroatoms. The molecule has 1 aromatic carbocycles. The summed E-state index contributed by atoms with van der Waals surface area (Å²) in [7, 11) is 4.16. The lowest BCUT2D eigenvalue weighted by molar-refractivity contribution is 0.997. The quantitative estimate of drug-likeness (QED) is 0.926. The zero-order valence-corrected chi connectivity index (χ0v) is 12.6. The summed E-state index contributed by atoms with van der Waals surface area (Å²) in [6.07, 6.45) is 4.60. The maximum absolute atomic E-state index is 4.60. The Balaban J connectivity index is 2.01. The number of hydrogen-bond donors (Lipinski definition) is 1. The molecule has 1 heterocycles. The first-order chi connectivity index (χ1) is 9.54. The van der Waals surface area contributed by atoms with Crippen LogP contribution < -0.4 is 10.2 Å². The normalized spacial score (nSPS) is 14.4. The van der Waals surface area contributed by atoms with E-state index < -0.39 is 0 Å². The lowest BCUT2D eigenvalue weighted by Gasteiger charge is -2.18. The van der Waals surface area contributed by atoms with Crippen LogP contribution in [0.5, 0.6) is 0 Å². The maximum Gasteiger partial charge on any atom is 0.207 e. The van der Waals surface area contributed by atoms with Crippen molar-refractivity contribution in [1.82, 2.24) is 9.55 Å². The Bertz CT molecular complexity index is 623. The molecule has 1 aromatic heterocycles. The van der Waals surface area contributed by atoms with Crippen LogP contribution in [0.15, 0.2) is 24.4 Å². The fourth-order valence-electron chi connectivity index (χ4n) is 2.44. The average molecular weight is 270 g/mol. The molecule has 4 nitrogen and oxygen atoms in total. The molecule has 1 fully saturated rings. The molecule has 0 radical (unpaired) electrons. The number of anilines is 2. The first-order valence-electron chi connectivity index (χ1n) is 7.15. The van der Waals surface area contributed by atoms with E-state index >= 15 is 0 Å². The van der Waals surface area contributed by atoms with Gasteiger partial charge in [0.05, 0.1) is 11.4 Å². The summed E-state index contributed by atoms with van der Waals surface area (Å²) in [6.45, 7) is 4.18. The van der Waals surface area contributed by atoms with Crippen LogP contribution in [0.4, 0.5) is 11.6 Å². The van der Waals surface area contributed by atoms with Crippen molar-refractivity contribution in [2.45, 2.75) is 32.7 Å². The molecule has 0 saturated heterocycles. The van der Waals surface area contributed by atoms with Gasteiger partial charge in [-0.2, -0.15) is 0 Å². The van der Waals surface area contributed by atoms with Gasteiger partial charge in [0.1, 0.15) is 0 Å². The molecule has 0 amide bonds. The molecule has 0 atom stereocenters. The van der Waals surface area contributed by atoms with Crippen LogP contribution >= 0.6 is 0 Å². The molecule has 1 saturated carbocycles. The molecule has 106 valence electrons. The van der Waals surface area contributed by atoms with Gasteiger partial charge in [0.2, 0.25) is 5.95 Å². The lowest BCUT2D eigenvalue weighted by atomic mass is 10.1. The van der Waals surface area contributed by atoms with Crippen molar-refractivity contribution >= 4 is 11.6 Å². The summed E-state index contributed by atoms with van der Waals surface area (Å²) < 4.78 is 2.15. The van der Waals surface area contributed by atoms with E-state index in [-0.39, 0.29) is 0 Å². The fourth-order valence-corrected chi connectivity index (χ4v) is 2.44. The monoisotopic (exact) mass is 270 g/mol. The van der Waals surface area contributed by atoms with Crippen LogP contribution in [0.2, 0.25) is 0 Å². The molecule has 1 aliphatic rings. The predicted molar refractivity (Wildman–Crippen MR) is 84.0 cm³/mol. The molecule has 20 heavy (non-hydrogen) atoms. The smallest absolute Gasteiger partial charge is 0.207 e. The Labute approximate surface area is 120 Å². The molecule has 0 unspecified atom stereocenters. The van der Waals surface area contributed by atoms with Crippen molar-refractivity contribution < 1.29 is 0 Å². The minimum absolute atomic E-state index is 0.606. The van der Waals surface area contributed by atoms with E-state index in [1.54, 1.807) is 0 Å². The third-order valence-electron chi connectivity index (χ3n) is 3.69. The average Bonchev–Trinajstić information content (AvgIpc) is 3.12. The van der Waals surface area contributed by atoms with E-state index in [9.17, 15) is 0 Å². The standard InChI is InChI=1S/C16H22N4/c1-11-5-8-14(9-15(11)19(3)4)20-10-12(2)17-16(20)18-13-6-7-13/h5,8-10,13H,6-7H2,1-4H3,(H,17,18). The van der Waals surface area contributed by atoms with E-state index in [0.717, 1.165) is 17.3 Å². The SMILES string of the molecule is Cc1cn(-c2ccc(C)c(N(C)C)c2)c(NC2CC2)n1. The summed E-state index contributed by atoms with van der Waals surface area (Å²) >= 11 is 0. The second kappa shape index (κ2) is 4.85. The van der Waals surface area contributed by atoms with Gasteiger partial charge in [0.25, 0.3) is 0 Å². The minimum atomic E-state index is 0.606. The van der Waals surface area contributed by atoms with Crippen LogP contribution in [0.3, 0.4) is 0 Å². The highest BCUT2D eigenvalue weighted by molar-refractivity contribution is 5.59. The molecular formula is C16H22N4. The van der Waals surface area contributed by atoms with Gasteiger partial charge in [0, 0.05) is 32.0 Å². The molecule has 0 bridgehead atoms. The fraction of sp³-hybridized carbons (Fsp3) is 0.438. The predicted octanol–water partition coefficient (Wildman–Crippen LogP) is 3.13. The highest BCUT2D eigenvalue weighted by atomic mass is 15.2. The van der Waals surface area contributed by atoms with E-state index in [1.165, 1.54) is 24.1 Å². The van der Waals surface area contributed by atoms with Gasteiger partial charge in [-0.1, -0.05) is 6.07 Å². The van der Waals surface area contributed by atoms with Gasteiger partial charge < -0.3 is 10.2 Å². The number of rotatable bonds is 4.